The minimum absolute atomic E-state index is 0.170. The number of nitrogens with two attached hydrogens (primary N) is 1. The SMILES string of the molecule is CC(NC(CN)c1ccc(Br)cc1)c1ccccc1. The molecule has 2 rings (SSSR count). The first kappa shape index (κ1) is 14.3. The summed E-state index contributed by atoms with van der Waals surface area (Å²) in [5, 5.41) is 3.58. The molecule has 3 N–H and O–H groups in total. The summed E-state index contributed by atoms with van der Waals surface area (Å²) in [7, 11) is 0. The maximum Gasteiger partial charge on any atom is 0.0449 e. The molecule has 0 spiro atoms. The van der Waals surface area contributed by atoms with Crippen LogP contribution in [0, 0.1) is 0 Å². The highest BCUT2D eigenvalue weighted by atomic mass is 79.9. The fourth-order valence-corrected chi connectivity index (χ4v) is 2.40. The smallest absolute Gasteiger partial charge is 0.0449 e. The van der Waals surface area contributed by atoms with Gasteiger partial charge in [-0.2, -0.15) is 0 Å². The first-order valence-electron chi connectivity index (χ1n) is 6.47. The lowest BCUT2D eigenvalue weighted by molar-refractivity contribution is 0.473. The van der Waals surface area contributed by atoms with Gasteiger partial charge in [-0.3, -0.25) is 0 Å². The van der Waals surface area contributed by atoms with Gasteiger partial charge in [0.15, 0.2) is 0 Å². The fraction of sp³-hybridized carbons (Fsp3) is 0.250. The molecule has 100 valence electrons. The Labute approximate surface area is 123 Å². The predicted molar refractivity (Wildman–Crippen MR) is 83.9 cm³/mol. The maximum atomic E-state index is 5.90. The van der Waals surface area contributed by atoms with Gasteiger partial charge in [0.1, 0.15) is 0 Å². The lowest BCUT2D eigenvalue weighted by atomic mass is 10.0. The minimum atomic E-state index is 0.170. The van der Waals surface area contributed by atoms with Crippen LogP contribution >= 0.6 is 15.9 Å². The molecule has 2 nitrogen and oxygen atoms in total. The van der Waals surface area contributed by atoms with Crippen molar-refractivity contribution in [3.63, 3.8) is 0 Å². The zero-order valence-electron chi connectivity index (χ0n) is 11.0. The van der Waals surface area contributed by atoms with Crippen LogP contribution in [0.5, 0.6) is 0 Å². The van der Waals surface area contributed by atoms with Gasteiger partial charge in [-0.1, -0.05) is 58.4 Å². The van der Waals surface area contributed by atoms with E-state index < -0.39 is 0 Å². The second-order valence-electron chi connectivity index (χ2n) is 4.64. The standard InChI is InChI=1S/C16H19BrN2/c1-12(13-5-3-2-4-6-13)19-16(11-18)14-7-9-15(17)10-8-14/h2-10,12,16,19H,11,18H2,1H3. The molecule has 3 heteroatoms. The summed E-state index contributed by atoms with van der Waals surface area (Å²) < 4.78 is 1.09. The van der Waals surface area contributed by atoms with E-state index in [1.165, 1.54) is 11.1 Å². The number of rotatable bonds is 5. The Morgan fingerprint density at radius 2 is 1.63 bits per heavy atom. The molecule has 0 radical (unpaired) electrons. The molecule has 0 aliphatic rings. The highest BCUT2D eigenvalue weighted by Crippen LogP contribution is 2.20. The average molecular weight is 319 g/mol. The minimum Gasteiger partial charge on any atom is -0.329 e. The Morgan fingerprint density at radius 1 is 1.00 bits per heavy atom. The third-order valence-electron chi connectivity index (χ3n) is 3.26. The number of nitrogens with one attached hydrogen (secondary N) is 1. The molecular formula is C16H19BrN2. The third kappa shape index (κ3) is 3.90. The van der Waals surface area contributed by atoms with Crippen LogP contribution < -0.4 is 11.1 Å². The Hall–Kier alpha value is -1.16. The summed E-state index contributed by atoms with van der Waals surface area (Å²) in [5.74, 6) is 0. The van der Waals surface area contributed by atoms with Crippen LogP contribution in [0.15, 0.2) is 59.1 Å². The van der Waals surface area contributed by atoms with Gasteiger partial charge in [0, 0.05) is 23.1 Å². The van der Waals surface area contributed by atoms with E-state index >= 15 is 0 Å². The molecule has 2 aromatic rings. The molecular weight excluding hydrogens is 300 g/mol. The maximum absolute atomic E-state index is 5.90. The molecule has 19 heavy (non-hydrogen) atoms. The zero-order chi connectivity index (χ0) is 13.7. The molecule has 0 aliphatic carbocycles. The highest BCUT2D eigenvalue weighted by molar-refractivity contribution is 9.10. The summed E-state index contributed by atoms with van der Waals surface area (Å²) in [4.78, 5) is 0. The molecule has 2 aromatic carbocycles. The van der Waals surface area contributed by atoms with E-state index in [9.17, 15) is 0 Å². The van der Waals surface area contributed by atoms with Gasteiger partial charge >= 0.3 is 0 Å². The van der Waals surface area contributed by atoms with Crippen LogP contribution in [0.3, 0.4) is 0 Å². The molecule has 2 unspecified atom stereocenters. The predicted octanol–water partition coefficient (Wildman–Crippen LogP) is 3.80. The van der Waals surface area contributed by atoms with Crippen molar-refractivity contribution in [2.45, 2.75) is 19.0 Å². The quantitative estimate of drug-likeness (QED) is 0.880. The van der Waals surface area contributed by atoms with Gasteiger partial charge < -0.3 is 11.1 Å². The van der Waals surface area contributed by atoms with Crippen molar-refractivity contribution in [1.29, 1.82) is 0 Å². The van der Waals surface area contributed by atoms with Crippen molar-refractivity contribution >= 4 is 15.9 Å². The van der Waals surface area contributed by atoms with E-state index in [1.54, 1.807) is 0 Å². The van der Waals surface area contributed by atoms with Crippen LogP contribution in [0.25, 0.3) is 0 Å². The Balaban J connectivity index is 2.09. The topological polar surface area (TPSA) is 38.0 Å². The number of halogens is 1. The van der Waals surface area contributed by atoms with Crippen molar-refractivity contribution in [2.24, 2.45) is 5.73 Å². The summed E-state index contributed by atoms with van der Waals surface area (Å²) in [6.45, 7) is 2.75. The Bertz CT molecular complexity index is 496. The third-order valence-corrected chi connectivity index (χ3v) is 3.79. The van der Waals surface area contributed by atoms with Crippen LogP contribution in [0.4, 0.5) is 0 Å². The molecule has 0 heterocycles. The summed E-state index contributed by atoms with van der Waals surface area (Å²) >= 11 is 3.45. The number of benzene rings is 2. The highest BCUT2D eigenvalue weighted by Gasteiger charge is 2.13. The number of hydrogen-bond donors (Lipinski definition) is 2. The van der Waals surface area contributed by atoms with E-state index in [1.807, 2.05) is 18.2 Å². The zero-order valence-corrected chi connectivity index (χ0v) is 12.6. The van der Waals surface area contributed by atoms with Gasteiger partial charge in [-0.15, -0.1) is 0 Å². The first-order chi connectivity index (χ1) is 9.20. The fourth-order valence-electron chi connectivity index (χ4n) is 2.14. The van der Waals surface area contributed by atoms with E-state index in [4.69, 9.17) is 5.73 Å². The Morgan fingerprint density at radius 3 is 2.21 bits per heavy atom. The van der Waals surface area contributed by atoms with E-state index in [0.717, 1.165) is 4.47 Å². The summed E-state index contributed by atoms with van der Waals surface area (Å²) in [5.41, 5.74) is 8.39. The van der Waals surface area contributed by atoms with Crippen molar-refractivity contribution in [3.05, 3.63) is 70.2 Å². The molecule has 0 amide bonds. The van der Waals surface area contributed by atoms with Crippen molar-refractivity contribution in [3.8, 4) is 0 Å². The lowest BCUT2D eigenvalue weighted by Gasteiger charge is -2.23. The van der Waals surface area contributed by atoms with E-state index in [0.29, 0.717) is 6.54 Å². The Kier molecular flexibility index (Phi) is 5.14. The second-order valence-corrected chi connectivity index (χ2v) is 5.55. The largest absolute Gasteiger partial charge is 0.329 e. The van der Waals surface area contributed by atoms with Crippen LogP contribution in [-0.4, -0.2) is 6.54 Å². The van der Waals surface area contributed by atoms with E-state index in [2.05, 4.69) is 64.6 Å². The van der Waals surface area contributed by atoms with Gasteiger partial charge in [0.25, 0.3) is 0 Å². The van der Waals surface area contributed by atoms with E-state index in [-0.39, 0.29) is 12.1 Å². The molecule has 0 saturated carbocycles. The molecule has 0 aromatic heterocycles. The van der Waals surface area contributed by atoms with Crippen LogP contribution in [0.1, 0.15) is 30.1 Å². The van der Waals surface area contributed by atoms with Gasteiger partial charge in [0.05, 0.1) is 0 Å². The monoisotopic (exact) mass is 318 g/mol. The van der Waals surface area contributed by atoms with Gasteiger partial charge in [0.2, 0.25) is 0 Å². The first-order valence-corrected chi connectivity index (χ1v) is 7.26. The molecule has 0 fully saturated rings. The summed E-state index contributed by atoms with van der Waals surface area (Å²) in [6.07, 6.45) is 0. The molecule has 0 saturated heterocycles. The number of hydrogen-bond acceptors (Lipinski definition) is 2. The average Bonchev–Trinajstić information content (AvgIpc) is 2.46. The van der Waals surface area contributed by atoms with Crippen molar-refractivity contribution < 1.29 is 0 Å². The van der Waals surface area contributed by atoms with Gasteiger partial charge in [-0.05, 0) is 30.2 Å². The molecule has 2 atom stereocenters. The molecule has 0 bridgehead atoms. The van der Waals surface area contributed by atoms with Crippen molar-refractivity contribution in [1.82, 2.24) is 5.32 Å². The van der Waals surface area contributed by atoms with Gasteiger partial charge in [-0.25, -0.2) is 0 Å². The summed E-state index contributed by atoms with van der Waals surface area (Å²) in [6, 6.07) is 19.2. The normalized spacial score (nSPS) is 14.1. The second kappa shape index (κ2) is 6.85. The van der Waals surface area contributed by atoms with Crippen LogP contribution in [-0.2, 0) is 0 Å². The molecule has 0 aliphatic heterocycles. The van der Waals surface area contributed by atoms with Crippen molar-refractivity contribution in [2.75, 3.05) is 6.54 Å². The lowest BCUT2D eigenvalue weighted by Crippen LogP contribution is -2.30. The van der Waals surface area contributed by atoms with Crippen LogP contribution in [0.2, 0.25) is 0 Å².